The van der Waals surface area contributed by atoms with Gasteiger partial charge in [-0.25, -0.2) is 0 Å². The van der Waals surface area contributed by atoms with Crippen molar-refractivity contribution in [1.82, 2.24) is 10.4 Å². The number of benzene rings is 1. The minimum absolute atomic E-state index is 0.239. The quantitative estimate of drug-likeness (QED) is 0.639. The SMILES string of the molecule is NNC(CC1CCC1)c1cccc2ccncc12. The molecule has 3 nitrogen and oxygen atoms in total. The molecule has 1 aromatic carbocycles. The second-order valence-corrected chi connectivity index (χ2v) is 5.20. The fraction of sp³-hybridized carbons (Fsp3) is 0.400. The molecule has 1 unspecified atom stereocenters. The first-order valence-electron chi connectivity index (χ1n) is 6.67. The van der Waals surface area contributed by atoms with Crippen LogP contribution in [0.4, 0.5) is 0 Å². The summed E-state index contributed by atoms with van der Waals surface area (Å²) in [7, 11) is 0. The zero-order valence-corrected chi connectivity index (χ0v) is 10.5. The van der Waals surface area contributed by atoms with Gasteiger partial charge in [0.05, 0.1) is 0 Å². The third-order valence-electron chi connectivity index (χ3n) is 4.09. The molecule has 94 valence electrons. The van der Waals surface area contributed by atoms with Crippen LogP contribution in [0.5, 0.6) is 0 Å². The predicted molar refractivity (Wildman–Crippen MR) is 73.8 cm³/mol. The lowest BCUT2D eigenvalue weighted by atomic mass is 9.79. The Morgan fingerprint density at radius 1 is 1.33 bits per heavy atom. The van der Waals surface area contributed by atoms with Crippen molar-refractivity contribution in [3.05, 3.63) is 42.2 Å². The van der Waals surface area contributed by atoms with E-state index in [0.29, 0.717) is 0 Å². The van der Waals surface area contributed by atoms with Gasteiger partial charge in [0, 0.05) is 23.8 Å². The molecule has 0 bridgehead atoms. The molecule has 0 amide bonds. The van der Waals surface area contributed by atoms with Crippen LogP contribution in [0.3, 0.4) is 0 Å². The van der Waals surface area contributed by atoms with Crippen molar-refractivity contribution >= 4 is 10.8 Å². The van der Waals surface area contributed by atoms with E-state index in [1.807, 2.05) is 12.4 Å². The largest absolute Gasteiger partial charge is 0.271 e. The number of hydrogen-bond acceptors (Lipinski definition) is 3. The second-order valence-electron chi connectivity index (χ2n) is 5.20. The number of nitrogens with zero attached hydrogens (tertiary/aromatic N) is 1. The number of rotatable bonds is 4. The molecule has 1 fully saturated rings. The molecule has 1 atom stereocenters. The van der Waals surface area contributed by atoms with Gasteiger partial charge in [-0.05, 0) is 29.4 Å². The molecule has 3 heteroatoms. The lowest BCUT2D eigenvalue weighted by molar-refractivity contribution is 0.262. The molecular formula is C15H19N3. The molecule has 3 rings (SSSR count). The Balaban J connectivity index is 1.95. The third-order valence-corrected chi connectivity index (χ3v) is 4.09. The average molecular weight is 241 g/mol. The summed E-state index contributed by atoms with van der Waals surface area (Å²) in [5, 5.41) is 2.44. The van der Waals surface area contributed by atoms with Crippen LogP contribution in [-0.2, 0) is 0 Å². The molecule has 0 saturated heterocycles. The van der Waals surface area contributed by atoms with Crippen LogP contribution < -0.4 is 11.3 Å². The highest BCUT2D eigenvalue weighted by atomic mass is 15.2. The Bertz CT molecular complexity index is 529. The topological polar surface area (TPSA) is 50.9 Å². The van der Waals surface area contributed by atoms with Crippen molar-refractivity contribution in [1.29, 1.82) is 0 Å². The minimum atomic E-state index is 0.239. The molecule has 2 aromatic rings. The molecule has 0 radical (unpaired) electrons. The van der Waals surface area contributed by atoms with Gasteiger partial charge in [-0.1, -0.05) is 37.5 Å². The smallest absolute Gasteiger partial charge is 0.0469 e. The van der Waals surface area contributed by atoms with E-state index in [1.165, 1.54) is 35.6 Å². The molecule has 18 heavy (non-hydrogen) atoms. The van der Waals surface area contributed by atoms with Gasteiger partial charge >= 0.3 is 0 Å². The normalized spacial score (nSPS) is 17.6. The average Bonchev–Trinajstić information content (AvgIpc) is 2.38. The summed E-state index contributed by atoms with van der Waals surface area (Å²) in [5.74, 6) is 6.58. The number of aromatic nitrogens is 1. The molecule has 1 aliphatic rings. The van der Waals surface area contributed by atoms with E-state index in [4.69, 9.17) is 5.84 Å². The Labute approximate surface area is 107 Å². The Morgan fingerprint density at radius 2 is 2.22 bits per heavy atom. The van der Waals surface area contributed by atoms with Crippen LogP contribution in [0.1, 0.15) is 37.3 Å². The molecule has 0 aliphatic heterocycles. The minimum Gasteiger partial charge on any atom is -0.271 e. The number of nitrogens with one attached hydrogen (secondary N) is 1. The van der Waals surface area contributed by atoms with Gasteiger partial charge in [-0.2, -0.15) is 0 Å². The monoisotopic (exact) mass is 241 g/mol. The van der Waals surface area contributed by atoms with Gasteiger partial charge in [-0.15, -0.1) is 0 Å². The number of nitrogens with two attached hydrogens (primary N) is 1. The molecule has 1 aromatic heterocycles. The zero-order chi connectivity index (χ0) is 12.4. The van der Waals surface area contributed by atoms with Crippen LogP contribution in [0.2, 0.25) is 0 Å². The maximum Gasteiger partial charge on any atom is 0.0469 e. The molecule has 1 saturated carbocycles. The Hall–Kier alpha value is -1.45. The summed E-state index contributed by atoms with van der Waals surface area (Å²) in [6, 6.07) is 8.67. The number of pyridine rings is 1. The van der Waals surface area contributed by atoms with Crippen LogP contribution in [0, 0.1) is 5.92 Å². The lowest BCUT2D eigenvalue weighted by Crippen LogP contribution is -2.31. The van der Waals surface area contributed by atoms with Crippen LogP contribution in [0.15, 0.2) is 36.7 Å². The summed E-state index contributed by atoms with van der Waals surface area (Å²) in [5.41, 5.74) is 4.25. The highest BCUT2D eigenvalue weighted by Gasteiger charge is 2.23. The predicted octanol–water partition coefficient (Wildman–Crippen LogP) is 2.93. The van der Waals surface area contributed by atoms with E-state index in [1.54, 1.807) is 0 Å². The maximum atomic E-state index is 5.75. The van der Waals surface area contributed by atoms with Gasteiger partial charge in [0.1, 0.15) is 0 Å². The van der Waals surface area contributed by atoms with Crippen LogP contribution in [-0.4, -0.2) is 4.98 Å². The van der Waals surface area contributed by atoms with E-state index in [-0.39, 0.29) is 6.04 Å². The molecule has 1 aliphatic carbocycles. The van der Waals surface area contributed by atoms with Gasteiger partial charge in [0.2, 0.25) is 0 Å². The van der Waals surface area contributed by atoms with Gasteiger partial charge in [0.15, 0.2) is 0 Å². The van der Waals surface area contributed by atoms with Gasteiger partial charge in [-0.3, -0.25) is 16.3 Å². The summed E-state index contributed by atoms with van der Waals surface area (Å²) in [6.07, 6.45) is 8.98. The van der Waals surface area contributed by atoms with Crippen molar-refractivity contribution in [2.24, 2.45) is 11.8 Å². The van der Waals surface area contributed by atoms with Gasteiger partial charge < -0.3 is 0 Å². The highest BCUT2D eigenvalue weighted by molar-refractivity contribution is 5.85. The van der Waals surface area contributed by atoms with Crippen LogP contribution in [0.25, 0.3) is 10.8 Å². The second kappa shape index (κ2) is 5.04. The van der Waals surface area contributed by atoms with Crippen molar-refractivity contribution in [3.63, 3.8) is 0 Å². The highest BCUT2D eigenvalue weighted by Crippen LogP contribution is 2.36. The molecule has 1 heterocycles. The van der Waals surface area contributed by atoms with Crippen molar-refractivity contribution in [2.45, 2.75) is 31.7 Å². The number of fused-ring (bicyclic) bond motifs is 1. The first-order valence-corrected chi connectivity index (χ1v) is 6.67. The Morgan fingerprint density at radius 3 is 2.94 bits per heavy atom. The third kappa shape index (κ3) is 2.11. The van der Waals surface area contributed by atoms with E-state index < -0.39 is 0 Å². The van der Waals surface area contributed by atoms with Gasteiger partial charge in [0.25, 0.3) is 0 Å². The fourth-order valence-corrected chi connectivity index (χ4v) is 2.79. The zero-order valence-electron chi connectivity index (χ0n) is 10.5. The summed E-state index contributed by atoms with van der Waals surface area (Å²) >= 11 is 0. The number of hydrazine groups is 1. The van der Waals surface area contributed by atoms with E-state index in [0.717, 1.165) is 12.3 Å². The summed E-state index contributed by atoms with van der Waals surface area (Å²) in [6.45, 7) is 0. The molecular weight excluding hydrogens is 222 g/mol. The van der Waals surface area contributed by atoms with Crippen molar-refractivity contribution < 1.29 is 0 Å². The Kier molecular flexibility index (Phi) is 3.26. The van der Waals surface area contributed by atoms with E-state index in [2.05, 4.69) is 34.7 Å². The van der Waals surface area contributed by atoms with Crippen molar-refractivity contribution in [2.75, 3.05) is 0 Å². The standard InChI is InChI=1S/C15H19N3/c16-18-15(9-11-3-1-4-11)13-6-2-5-12-7-8-17-10-14(12)13/h2,5-8,10-11,15,18H,1,3-4,9,16H2. The first kappa shape index (κ1) is 11.6. The molecule has 3 N–H and O–H groups in total. The van der Waals surface area contributed by atoms with E-state index >= 15 is 0 Å². The summed E-state index contributed by atoms with van der Waals surface area (Å²) in [4.78, 5) is 4.23. The summed E-state index contributed by atoms with van der Waals surface area (Å²) < 4.78 is 0. The molecule has 0 spiro atoms. The lowest BCUT2D eigenvalue weighted by Gasteiger charge is -2.30. The maximum absolute atomic E-state index is 5.75. The van der Waals surface area contributed by atoms with Crippen molar-refractivity contribution in [3.8, 4) is 0 Å². The van der Waals surface area contributed by atoms with Crippen LogP contribution >= 0.6 is 0 Å². The number of hydrogen-bond donors (Lipinski definition) is 2. The first-order chi connectivity index (χ1) is 8.88. The van der Waals surface area contributed by atoms with E-state index in [9.17, 15) is 0 Å². The fourth-order valence-electron chi connectivity index (χ4n) is 2.79.